The number of carboxylic acid groups (broad SMARTS) is 1. The molecule has 3 fully saturated rings. The van der Waals surface area contributed by atoms with Crippen LogP contribution in [0.2, 0.25) is 0 Å². The van der Waals surface area contributed by atoms with Gasteiger partial charge in [-0.15, -0.1) is 0 Å². The number of aliphatic carboxylic acids is 1. The monoisotopic (exact) mass is 353 g/mol. The van der Waals surface area contributed by atoms with E-state index in [2.05, 4.69) is 19.2 Å². The lowest BCUT2D eigenvalue weighted by molar-refractivity contribution is -0.139. The summed E-state index contributed by atoms with van der Waals surface area (Å²) in [5, 5.41) is 12.1. The van der Waals surface area contributed by atoms with Crippen molar-refractivity contribution in [2.45, 2.75) is 70.7 Å². The van der Waals surface area contributed by atoms with Crippen LogP contribution in [0.3, 0.4) is 0 Å². The van der Waals surface area contributed by atoms with Crippen molar-refractivity contribution in [3.05, 3.63) is 0 Å². The summed E-state index contributed by atoms with van der Waals surface area (Å²) in [5.74, 6) is -0.795. The van der Waals surface area contributed by atoms with Gasteiger partial charge in [0.25, 0.3) is 0 Å². The maximum Gasteiger partial charge on any atom is 0.317 e. The number of nitrogens with one attached hydrogen (secondary N) is 1. The number of carboxylic acids is 1. The molecule has 2 atom stereocenters. The molecule has 0 spiro atoms. The molecule has 1 aliphatic carbocycles. The van der Waals surface area contributed by atoms with Crippen molar-refractivity contribution in [2.75, 3.05) is 26.2 Å². The summed E-state index contributed by atoms with van der Waals surface area (Å²) in [4.78, 5) is 27.5. The van der Waals surface area contributed by atoms with Crippen LogP contribution in [0.15, 0.2) is 0 Å². The lowest BCUT2D eigenvalue weighted by atomic mass is 9.72. The number of rotatable bonds is 6. The molecule has 142 valence electrons. The van der Waals surface area contributed by atoms with E-state index in [1.807, 2.05) is 16.7 Å². The van der Waals surface area contributed by atoms with Gasteiger partial charge in [0.05, 0.1) is 18.7 Å². The van der Waals surface area contributed by atoms with Crippen LogP contribution in [-0.4, -0.2) is 77.4 Å². The van der Waals surface area contributed by atoms with Gasteiger partial charge in [-0.1, -0.05) is 20.8 Å². The first-order chi connectivity index (χ1) is 11.8. The third kappa shape index (κ3) is 3.77. The van der Waals surface area contributed by atoms with E-state index in [9.17, 15) is 9.59 Å². The number of urea groups is 1. The van der Waals surface area contributed by atoms with Gasteiger partial charge in [-0.2, -0.15) is 0 Å². The first-order valence-electron chi connectivity index (χ1n) is 9.46. The van der Waals surface area contributed by atoms with Gasteiger partial charge in [0, 0.05) is 30.7 Å². The van der Waals surface area contributed by atoms with Crippen LogP contribution < -0.4 is 5.32 Å². The third-order valence-corrected chi connectivity index (χ3v) is 5.99. The molecular weight excluding hydrogens is 322 g/mol. The maximum atomic E-state index is 12.7. The van der Waals surface area contributed by atoms with E-state index in [1.54, 1.807) is 0 Å². The molecule has 2 N–H and O–H groups in total. The van der Waals surface area contributed by atoms with Crippen LogP contribution >= 0.6 is 0 Å². The third-order valence-electron chi connectivity index (χ3n) is 5.99. The van der Waals surface area contributed by atoms with Gasteiger partial charge in [-0.05, 0) is 32.2 Å². The zero-order valence-electron chi connectivity index (χ0n) is 15.5. The molecule has 0 aromatic rings. The fourth-order valence-corrected chi connectivity index (χ4v) is 4.63. The van der Waals surface area contributed by atoms with E-state index in [4.69, 9.17) is 9.84 Å². The van der Waals surface area contributed by atoms with Crippen molar-refractivity contribution >= 4 is 12.0 Å². The Balaban J connectivity index is 1.48. The minimum absolute atomic E-state index is 0.00422. The van der Waals surface area contributed by atoms with Crippen LogP contribution in [0, 0.1) is 5.41 Å². The Morgan fingerprint density at radius 3 is 2.60 bits per heavy atom. The van der Waals surface area contributed by atoms with Crippen LogP contribution in [0.4, 0.5) is 4.79 Å². The van der Waals surface area contributed by atoms with Gasteiger partial charge in [0.1, 0.15) is 0 Å². The molecule has 7 nitrogen and oxygen atoms in total. The molecule has 25 heavy (non-hydrogen) atoms. The highest BCUT2D eigenvalue weighted by Crippen LogP contribution is 2.42. The number of likely N-dealkylation sites (N-methyl/N-ethyl adjacent to an activating group) is 1. The molecule has 3 rings (SSSR count). The SMILES string of the molecule is CCN(CC(=O)O)C1CC(NC(=O)N2CC(C)(C)C2C2CCCO2)C1. The van der Waals surface area contributed by atoms with Crippen molar-refractivity contribution in [3.63, 3.8) is 0 Å². The molecular formula is C18H31N3O4. The minimum Gasteiger partial charge on any atom is -0.480 e. The number of carbonyl (C=O) groups is 2. The van der Waals surface area contributed by atoms with Gasteiger partial charge < -0.3 is 20.1 Å². The lowest BCUT2D eigenvalue weighted by Crippen LogP contribution is -2.71. The highest BCUT2D eigenvalue weighted by molar-refractivity contribution is 5.76. The van der Waals surface area contributed by atoms with E-state index in [0.29, 0.717) is 0 Å². The fourth-order valence-electron chi connectivity index (χ4n) is 4.63. The van der Waals surface area contributed by atoms with Gasteiger partial charge >= 0.3 is 12.0 Å². The average Bonchev–Trinajstić information content (AvgIpc) is 2.99. The van der Waals surface area contributed by atoms with E-state index < -0.39 is 5.97 Å². The topological polar surface area (TPSA) is 82.1 Å². The first-order valence-corrected chi connectivity index (χ1v) is 9.46. The zero-order valence-corrected chi connectivity index (χ0v) is 15.5. The molecule has 2 saturated heterocycles. The molecule has 1 saturated carbocycles. The first kappa shape index (κ1) is 18.5. The number of hydrogen-bond donors (Lipinski definition) is 2. The van der Waals surface area contributed by atoms with E-state index in [0.717, 1.165) is 45.4 Å². The number of amides is 2. The van der Waals surface area contributed by atoms with Crippen molar-refractivity contribution in [2.24, 2.45) is 5.41 Å². The second kappa shape index (κ2) is 7.11. The van der Waals surface area contributed by atoms with Crippen LogP contribution in [0.25, 0.3) is 0 Å². The summed E-state index contributed by atoms with van der Waals surface area (Å²) in [5.41, 5.74) is 0.106. The van der Waals surface area contributed by atoms with Crippen molar-refractivity contribution in [1.82, 2.24) is 15.1 Å². The van der Waals surface area contributed by atoms with Crippen molar-refractivity contribution in [3.8, 4) is 0 Å². The zero-order chi connectivity index (χ0) is 18.2. The number of ether oxygens (including phenoxy) is 1. The minimum atomic E-state index is -0.795. The lowest BCUT2D eigenvalue weighted by Gasteiger charge is -2.56. The van der Waals surface area contributed by atoms with Crippen molar-refractivity contribution < 1.29 is 19.4 Å². The van der Waals surface area contributed by atoms with Crippen LogP contribution in [0.1, 0.15) is 46.5 Å². The van der Waals surface area contributed by atoms with Gasteiger partial charge in [0.15, 0.2) is 0 Å². The second-order valence-corrected chi connectivity index (χ2v) is 8.34. The predicted octanol–water partition coefficient (Wildman–Crippen LogP) is 1.52. The molecule has 0 aromatic carbocycles. The van der Waals surface area contributed by atoms with Crippen molar-refractivity contribution in [1.29, 1.82) is 0 Å². The summed E-state index contributed by atoms with van der Waals surface area (Å²) in [6.07, 6.45) is 3.93. The van der Waals surface area contributed by atoms with Gasteiger partial charge in [-0.25, -0.2) is 4.79 Å². The molecule has 3 aliphatic rings. The van der Waals surface area contributed by atoms with Crippen LogP contribution in [-0.2, 0) is 9.53 Å². The molecule has 2 aliphatic heterocycles. The smallest absolute Gasteiger partial charge is 0.317 e. The maximum absolute atomic E-state index is 12.7. The van der Waals surface area contributed by atoms with E-state index >= 15 is 0 Å². The Morgan fingerprint density at radius 1 is 1.36 bits per heavy atom. The second-order valence-electron chi connectivity index (χ2n) is 8.34. The molecule has 0 radical (unpaired) electrons. The summed E-state index contributed by atoms with van der Waals surface area (Å²) < 4.78 is 5.83. The Labute approximate surface area is 149 Å². The number of likely N-dealkylation sites (tertiary alicyclic amines) is 1. The standard InChI is InChI=1S/C18H31N3O4/c1-4-20(10-15(22)23)13-8-12(9-13)19-17(24)21-11-18(2,3)16(21)14-6-5-7-25-14/h12-14,16H,4-11H2,1-3H3,(H,19,24)(H,22,23). The summed E-state index contributed by atoms with van der Waals surface area (Å²) in [6, 6.07) is 0.567. The summed E-state index contributed by atoms with van der Waals surface area (Å²) in [7, 11) is 0. The summed E-state index contributed by atoms with van der Waals surface area (Å²) >= 11 is 0. The van der Waals surface area contributed by atoms with Gasteiger partial charge in [0.2, 0.25) is 0 Å². The molecule has 0 bridgehead atoms. The normalized spacial score (nSPS) is 33.7. The Bertz CT molecular complexity index is 512. The van der Waals surface area contributed by atoms with Crippen LogP contribution in [0.5, 0.6) is 0 Å². The van der Waals surface area contributed by atoms with Gasteiger partial charge in [-0.3, -0.25) is 9.69 Å². The molecule has 7 heteroatoms. The average molecular weight is 353 g/mol. The summed E-state index contributed by atoms with van der Waals surface area (Å²) in [6.45, 7) is 8.74. The quantitative estimate of drug-likeness (QED) is 0.757. The molecule has 2 amide bonds. The van der Waals surface area contributed by atoms with E-state index in [1.165, 1.54) is 0 Å². The Morgan fingerprint density at radius 2 is 2.08 bits per heavy atom. The number of hydrogen-bond acceptors (Lipinski definition) is 4. The van der Waals surface area contributed by atoms with E-state index in [-0.39, 0.29) is 42.2 Å². The number of nitrogens with zero attached hydrogens (tertiary/aromatic N) is 2. The Kier molecular flexibility index (Phi) is 5.25. The molecule has 2 unspecified atom stereocenters. The number of carbonyl (C=O) groups excluding carboxylic acids is 1. The molecule has 0 aromatic heterocycles. The fraction of sp³-hybridized carbons (Fsp3) is 0.889. The highest BCUT2D eigenvalue weighted by atomic mass is 16.5. The Hall–Kier alpha value is -1.34. The highest BCUT2D eigenvalue weighted by Gasteiger charge is 2.53. The largest absolute Gasteiger partial charge is 0.480 e. The predicted molar refractivity (Wildman–Crippen MR) is 93.5 cm³/mol. The molecule has 2 heterocycles.